The maximum absolute atomic E-state index is 12.7. The van der Waals surface area contributed by atoms with Gasteiger partial charge in [-0.2, -0.15) is 13.2 Å². The van der Waals surface area contributed by atoms with Crippen LogP contribution in [0.4, 0.5) is 13.2 Å². The van der Waals surface area contributed by atoms with E-state index in [2.05, 4.69) is 4.98 Å². The molecular weight excluding hydrogens is 235 g/mol. The van der Waals surface area contributed by atoms with Gasteiger partial charge in [0, 0.05) is 0 Å². The fraction of sp³-hybridized carbons (Fsp3) is 0.400. The third kappa shape index (κ3) is 3.33. The molecule has 0 spiro atoms. The maximum atomic E-state index is 12.7. The van der Waals surface area contributed by atoms with Gasteiger partial charge in [-0.3, -0.25) is 5.41 Å². The summed E-state index contributed by atoms with van der Waals surface area (Å²) < 4.78 is 43.1. The van der Waals surface area contributed by atoms with Crippen LogP contribution in [-0.2, 0) is 6.18 Å². The van der Waals surface area contributed by atoms with Gasteiger partial charge in [-0.1, -0.05) is 0 Å². The SMILES string of the molecule is CC(C)Oc1cnc(C(=N)N)c(C(F)(F)F)c1. The van der Waals surface area contributed by atoms with Crippen LogP contribution in [0.15, 0.2) is 12.3 Å². The van der Waals surface area contributed by atoms with Crippen LogP contribution in [0.3, 0.4) is 0 Å². The van der Waals surface area contributed by atoms with E-state index >= 15 is 0 Å². The highest BCUT2D eigenvalue weighted by Crippen LogP contribution is 2.33. The second kappa shape index (κ2) is 4.60. The lowest BCUT2D eigenvalue weighted by atomic mass is 10.1. The lowest BCUT2D eigenvalue weighted by Crippen LogP contribution is -2.21. The number of ether oxygens (including phenoxy) is 1. The average molecular weight is 247 g/mol. The number of nitrogens with zero attached hydrogens (tertiary/aromatic N) is 1. The summed E-state index contributed by atoms with van der Waals surface area (Å²) in [6.45, 7) is 3.37. The zero-order valence-corrected chi connectivity index (χ0v) is 9.30. The van der Waals surface area contributed by atoms with E-state index in [1.807, 2.05) is 0 Å². The first-order valence-electron chi connectivity index (χ1n) is 4.80. The first-order chi connectivity index (χ1) is 7.71. The first-order valence-corrected chi connectivity index (χ1v) is 4.80. The highest BCUT2D eigenvalue weighted by atomic mass is 19.4. The number of aromatic nitrogens is 1. The first kappa shape index (κ1) is 13.3. The third-order valence-electron chi connectivity index (χ3n) is 1.79. The molecule has 0 aliphatic rings. The summed E-state index contributed by atoms with van der Waals surface area (Å²) >= 11 is 0. The number of hydrogen-bond acceptors (Lipinski definition) is 3. The van der Waals surface area contributed by atoms with Crippen molar-refractivity contribution >= 4 is 5.84 Å². The molecule has 1 aromatic rings. The molecule has 0 aliphatic heterocycles. The molecule has 94 valence electrons. The van der Waals surface area contributed by atoms with Crippen LogP contribution in [-0.4, -0.2) is 16.9 Å². The van der Waals surface area contributed by atoms with E-state index in [-0.39, 0.29) is 11.9 Å². The quantitative estimate of drug-likeness (QED) is 0.635. The lowest BCUT2D eigenvalue weighted by molar-refractivity contribution is -0.138. The van der Waals surface area contributed by atoms with E-state index in [1.54, 1.807) is 13.8 Å². The highest BCUT2D eigenvalue weighted by molar-refractivity contribution is 5.94. The van der Waals surface area contributed by atoms with Crippen molar-refractivity contribution in [2.75, 3.05) is 0 Å². The van der Waals surface area contributed by atoms with Crippen molar-refractivity contribution in [3.63, 3.8) is 0 Å². The number of hydrogen-bond donors (Lipinski definition) is 2. The molecule has 1 rings (SSSR count). The van der Waals surface area contributed by atoms with E-state index in [4.69, 9.17) is 15.9 Å². The van der Waals surface area contributed by atoms with Crippen molar-refractivity contribution < 1.29 is 17.9 Å². The minimum absolute atomic E-state index is 0.00248. The average Bonchev–Trinajstić information content (AvgIpc) is 2.14. The van der Waals surface area contributed by atoms with Gasteiger partial charge in [-0.15, -0.1) is 0 Å². The van der Waals surface area contributed by atoms with Gasteiger partial charge in [0.15, 0.2) is 0 Å². The molecule has 4 nitrogen and oxygen atoms in total. The molecule has 0 atom stereocenters. The number of rotatable bonds is 3. The normalized spacial score (nSPS) is 11.6. The number of amidine groups is 1. The predicted octanol–water partition coefficient (Wildman–Crippen LogP) is 2.17. The zero-order chi connectivity index (χ0) is 13.2. The number of nitrogen functional groups attached to an aromatic ring is 1. The number of alkyl halides is 3. The summed E-state index contributed by atoms with van der Waals surface area (Å²) in [7, 11) is 0. The van der Waals surface area contributed by atoms with E-state index in [1.165, 1.54) is 0 Å². The van der Waals surface area contributed by atoms with Gasteiger partial charge in [-0.05, 0) is 19.9 Å². The number of halogens is 3. The van der Waals surface area contributed by atoms with Gasteiger partial charge in [0.05, 0.1) is 17.9 Å². The Labute approximate surface area is 96.1 Å². The van der Waals surface area contributed by atoms with Crippen LogP contribution in [0.5, 0.6) is 5.75 Å². The summed E-state index contributed by atoms with van der Waals surface area (Å²) in [6, 6.07) is 0.795. The second-order valence-corrected chi connectivity index (χ2v) is 3.65. The highest BCUT2D eigenvalue weighted by Gasteiger charge is 2.35. The molecule has 0 fully saturated rings. The van der Waals surface area contributed by atoms with Crippen molar-refractivity contribution in [1.82, 2.24) is 4.98 Å². The minimum Gasteiger partial charge on any atom is -0.489 e. The van der Waals surface area contributed by atoms with Crippen LogP contribution in [0, 0.1) is 5.41 Å². The number of nitrogens with one attached hydrogen (secondary N) is 1. The third-order valence-corrected chi connectivity index (χ3v) is 1.79. The Morgan fingerprint density at radius 1 is 1.47 bits per heavy atom. The van der Waals surface area contributed by atoms with Crippen LogP contribution < -0.4 is 10.5 Å². The fourth-order valence-corrected chi connectivity index (χ4v) is 1.21. The van der Waals surface area contributed by atoms with Crippen molar-refractivity contribution in [1.29, 1.82) is 5.41 Å². The topological polar surface area (TPSA) is 72.0 Å². The van der Waals surface area contributed by atoms with Gasteiger partial charge in [-0.25, -0.2) is 4.98 Å². The van der Waals surface area contributed by atoms with Crippen molar-refractivity contribution in [2.24, 2.45) is 5.73 Å². The predicted molar refractivity (Wildman–Crippen MR) is 56.0 cm³/mol. The fourth-order valence-electron chi connectivity index (χ4n) is 1.21. The van der Waals surface area contributed by atoms with E-state index < -0.39 is 23.3 Å². The van der Waals surface area contributed by atoms with Crippen LogP contribution in [0.1, 0.15) is 25.1 Å². The Morgan fingerprint density at radius 2 is 2.06 bits per heavy atom. The Morgan fingerprint density at radius 3 is 2.47 bits per heavy atom. The van der Waals surface area contributed by atoms with Gasteiger partial charge < -0.3 is 10.5 Å². The van der Waals surface area contributed by atoms with E-state index in [9.17, 15) is 13.2 Å². The molecule has 0 saturated heterocycles. The van der Waals surface area contributed by atoms with Gasteiger partial charge in [0.2, 0.25) is 0 Å². The molecule has 0 bridgehead atoms. The van der Waals surface area contributed by atoms with Crippen molar-refractivity contribution in [3.05, 3.63) is 23.5 Å². The maximum Gasteiger partial charge on any atom is 0.418 e. The molecule has 17 heavy (non-hydrogen) atoms. The van der Waals surface area contributed by atoms with Crippen LogP contribution in [0.2, 0.25) is 0 Å². The largest absolute Gasteiger partial charge is 0.489 e. The summed E-state index contributed by atoms with van der Waals surface area (Å²) in [5.41, 5.74) is 3.39. The summed E-state index contributed by atoms with van der Waals surface area (Å²) in [6.07, 6.45) is -3.77. The molecule has 0 amide bonds. The molecule has 0 radical (unpaired) electrons. The molecule has 1 aromatic heterocycles. The molecule has 7 heteroatoms. The Hall–Kier alpha value is -1.79. The summed E-state index contributed by atoms with van der Waals surface area (Å²) in [4.78, 5) is 3.50. The zero-order valence-electron chi connectivity index (χ0n) is 9.30. The second-order valence-electron chi connectivity index (χ2n) is 3.65. The van der Waals surface area contributed by atoms with Gasteiger partial charge >= 0.3 is 6.18 Å². The van der Waals surface area contributed by atoms with E-state index in [0.717, 1.165) is 12.3 Å². The summed E-state index contributed by atoms with van der Waals surface area (Å²) in [5, 5.41) is 7.04. The van der Waals surface area contributed by atoms with E-state index in [0.29, 0.717) is 0 Å². The number of nitrogens with two attached hydrogens (primary N) is 1. The van der Waals surface area contributed by atoms with Crippen LogP contribution >= 0.6 is 0 Å². The number of pyridine rings is 1. The van der Waals surface area contributed by atoms with Gasteiger partial charge in [0.25, 0.3) is 0 Å². The minimum atomic E-state index is -4.62. The Kier molecular flexibility index (Phi) is 3.59. The molecule has 0 aliphatic carbocycles. The van der Waals surface area contributed by atoms with Crippen molar-refractivity contribution in [2.45, 2.75) is 26.1 Å². The van der Waals surface area contributed by atoms with Gasteiger partial charge in [0.1, 0.15) is 17.3 Å². The lowest BCUT2D eigenvalue weighted by Gasteiger charge is -2.14. The molecule has 1 heterocycles. The summed E-state index contributed by atoms with van der Waals surface area (Å²) in [5.74, 6) is -0.731. The van der Waals surface area contributed by atoms with Crippen molar-refractivity contribution in [3.8, 4) is 5.75 Å². The monoisotopic (exact) mass is 247 g/mol. The molecule has 0 unspecified atom stereocenters. The Balaban J connectivity index is 3.25. The Bertz CT molecular complexity index is 429. The molecular formula is C10H12F3N3O. The smallest absolute Gasteiger partial charge is 0.418 e. The molecule has 0 aromatic carbocycles. The molecule has 0 saturated carbocycles. The standard InChI is InChI=1S/C10H12F3N3O/c1-5(2)17-6-3-7(10(11,12)13)8(9(14)15)16-4-6/h3-5H,1-2H3,(H3,14,15). The van der Waals surface area contributed by atoms with Crippen LogP contribution in [0.25, 0.3) is 0 Å². The molecule has 3 N–H and O–H groups in total.